The van der Waals surface area contributed by atoms with Gasteiger partial charge in [-0.1, -0.05) is 26.3 Å². The van der Waals surface area contributed by atoms with Crippen molar-refractivity contribution < 1.29 is 28.5 Å². The number of esters is 2. The van der Waals surface area contributed by atoms with Crippen molar-refractivity contribution in [3.8, 4) is 17.2 Å². The molecule has 0 spiro atoms. The van der Waals surface area contributed by atoms with Crippen LogP contribution in [0.3, 0.4) is 0 Å². The Bertz CT molecular complexity index is 842. The number of ether oxygens (including phenoxy) is 4. The molecule has 0 N–H and O–H groups in total. The lowest BCUT2D eigenvalue weighted by molar-refractivity contribution is -0.137. The molecule has 0 atom stereocenters. The largest absolute Gasteiger partial charge is 0.494 e. The molecule has 6 nitrogen and oxygen atoms in total. The number of carbonyl (C=O) groups is 2. The van der Waals surface area contributed by atoms with Crippen LogP contribution in [0.5, 0.6) is 17.2 Å². The molecule has 6 heteroatoms. The highest BCUT2D eigenvalue weighted by Gasteiger charge is 2.09. The van der Waals surface area contributed by atoms with Crippen LogP contribution < -0.4 is 14.2 Å². The molecule has 0 radical (unpaired) electrons. The highest BCUT2D eigenvalue weighted by Crippen LogP contribution is 2.20. The van der Waals surface area contributed by atoms with Crippen molar-refractivity contribution in [2.75, 3.05) is 19.8 Å². The summed E-state index contributed by atoms with van der Waals surface area (Å²) in [5.74, 6) is 1.14. The second-order valence-corrected chi connectivity index (χ2v) is 7.58. The number of rotatable bonds is 16. The van der Waals surface area contributed by atoms with Crippen LogP contribution in [0.4, 0.5) is 0 Å². The fraction of sp³-hybridized carbons (Fsp3) is 0.407. The standard InChI is InChI=1S/C27H34O6/c1-3-5-8-19-30-24-15-17-25(18-16-24)33-27(29)22-11-13-23(14-12-22)31-20-9-6-7-10-21-32-26(28)4-2/h4,11-18H,2-3,5-10,19-21H2,1H3. The second-order valence-electron chi connectivity index (χ2n) is 7.58. The van der Waals surface area contributed by atoms with Crippen LogP contribution in [-0.2, 0) is 9.53 Å². The summed E-state index contributed by atoms with van der Waals surface area (Å²) < 4.78 is 21.7. The Hall–Kier alpha value is -3.28. The van der Waals surface area contributed by atoms with Crippen LogP contribution in [0.1, 0.15) is 62.2 Å². The lowest BCUT2D eigenvalue weighted by atomic mass is 10.2. The van der Waals surface area contributed by atoms with Gasteiger partial charge in [-0.15, -0.1) is 0 Å². The average molecular weight is 455 g/mol. The Labute approximate surface area is 196 Å². The molecule has 0 saturated heterocycles. The first-order chi connectivity index (χ1) is 16.1. The van der Waals surface area contributed by atoms with Crippen LogP contribution in [0.2, 0.25) is 0 Å². The van der Waals surface area contributed by atoms with E-state index >= 15 is 0 Å². The van der Waals surface area contributed by atoms with Gasteiger partial charge in [-0.25, -0.2) is 9.59 Å². The van der Waals surface area contributed by atoms with Gasteiger partial charge in [0.25, 0.3) is 0 Å². The summed E-state index contributed by atoms with van der Waals surface area (Å²) >= 11 is 0. The predicted molar refractivity (Wildman–Crippen MR) is 128 cm³/mol. The third-order valence-corrected chi connectivity index (χ3v) is 4.86. The van der Waals surface area contributed by atoms with E-state index in [0.717, 1.165) is 50.7 Å². The van der Waals surface area contributed by atoms with Crippen molar-refractivity contribution in [1.29, 1.82) is 0 Å². The van der Waals surface area contributed by atoms with E-state index in [2.05, 4.69) is 13.5 Å². The zero-order valence-corrected chi connectivity index (χ0v) is 19.4. The SMILES string of the molecule is C=CC(=O)OCCCCCCOc1ccc(C(=O)Oc2ccc(OCCCCC)cc2)cc1. The quantitative estimate of drug-likeness (QED) is 0.131. The van der Waals surface area contributed by atoms with Crippen LogP contribution >= 0.6 is 0 Å². The lowest BCUT2D eigenvalue weighted by Crippen LogP contribution is -2.08. The van der Waals surface area contributed by atoms with Gasteiger partial charge in [0.15, 0.2) is 0 Å². The number of hydrogen-bond acceptors (Lipinski definition) is 6. The van der Waals surface area contributed by atoms with Crippen molar-refractivity contribution in [2.24, 2.45) is 0 Å². The first-order valence-electron chi connectivity index (χ1n) is 11.6. The lowest BCUT2D eigenvalue weighted by Gasteiger charge is -2.09. The second kappa shape index (κ2) is 15.5. The van der Waals surface area contributed by atoms with Crippen molar-refractivity contribution in [3.63, 3.8) is 0 Å². The van der Waals surface area contributed by atoms with Crippen molar-refractivity contribution in [2.45, 2.75) is 51.9 Å². The number of benzene rings is 2. The topological polar surface area (TPSA) is 71.1 Å². The smallest absolute Gasteiger partial charge is 0.343 e. The molecule has 0 saturated carbocycles. The highest BCUT2D eigenvalue weighted by molar-refractivity contribution is 5.91. The van der Waals surface area contributed by atoms with Gasteiger partial charge in [-0.3, -0.25) is 0 Å². The van der Waals surface area contributed by atoms with Crippen LogP contribution in [-0.4, -0.2) is 31.8 Å². The van der Waals surface area contributed by atoms with E-state index in [1.165, 1.54) is 6.08 Å². The molecule has 33 heavy (non-hydrogen) atoms. The minimum Gasteiger partial charge on any atom is -0.494 e. The summed E-state index contributed by atoms with van der Waals surface area (Å²) in [6.45, 7) is 7.20. The Morgan fingerprint density at radius 3 is 1.82 bits per heavy atom. The van der Waals surface area contributed by atoms with Gasteiger partial charge in [0.2, 0.25) is 0 Å². The van der Waals surface area contributed by atoms with Gasteiger partial charge in [-0.05, 0) is 80.6 Å². The zero-order chi connectivity index (χ0) is 23.7. The molecule has 2 aromatic carbocycles. The van der Waals surface area contributed by atoms with Gasteiger partial charge in [0, 0.05) is 6.08 Å². The Morgan fingerprint density at radius 1 is 0.727 bits per heavy atom. The number of hydrogen-bond donors (Lipinski definition) is 0. The minimum absolute atomic E-state index is 0.383. The molecule has 0 bridgehead atoms. The summed E-state index contributed by atoms with van der Waals surface area (Å²) in [7, 11) is 0. The molecule has 0 amide bonds. The highest BCUT2D eigenvalue weighted by atomic mass is 16.5. The molecule has 2 rings (SSSR count). The van der Waals surface area contributed by atoms with E-state index in [4.69, 9.17) is 18.9 Å². The average Bonchev–Trinajstić information content (AvgIpc) is 2.84. The van der Waals surface area contributed by atoms with Gasteiger partial charge < -0.3 is 18.9 Å². The van der Waals surface area contributed by atoms with E-state index in [1.807, 2.05) is 0 Å². The molecule has 2 aromatic rings. The van der Waals surface area contributed by atoms with Crippen molar-refractivity contribution >= 4 is 11.9 Å². The molecular weight excluding hydrogens is 420 g/mol. The van der Waals surface area contributed by atoms with Crippen molar-refractivity contribution in [1.82, 2.24) is 0 Å². The maximum absolute atomic E-state index is 12.4. The fourth-order valence-corrected chi connectivity index (χ4v) is 2.98. The number of carbonyl (C=O) groups excluding carboxylic acids is 2. The Balaban J connectivity index is 1.65. The maximum atomic E-state index is 12.4. The predicted octanol–water partition coefficient (Wildman–Crippen LogP) is 6.14. The molecule has 0 heterocycles. The fourth-order valence-electron chi connectivity index (χ4n) is 2.98. The Morgan fingerprint density at radius 2 is 1.24 bits per heavy atom. The number of unbranched alkanes of at least 4 members (excludes halogenated alkanes) is 5. The third-order valence-electron chi connectivity index (χ3n) is 4.86. The van der Waals surface area contributed by atoms with Gasteiger partial charge in [0.05, 0.1) is 25.4 Å². The van der Waals surface area contributed by atoms with E-state index in [9.17, 15) is 9.59 Å². The first-order valence-corrected chi connectivity index (χ1v) is 11.6. The summed E-state index contributed by atoms with van der Waals surface area (Å²) in [5.41, 5.74) is 0.455. The molecule has 0 unspecified atom stereocenters. The van der Waals surface area contributed by atoms with E-state index in [-0.39, 0.29) is 5.97 Å². The van der Waals surface area contributed by atoms with Gasteiger partial charge in [0.1, 0.15) is 17.2 Å². The molecular formula is C27H34O6. The minimum atomic E-state index is -0.421. The molecule has 0 aliphatic heterocycles. The van der Waals surface area contributed by atoms with Crippen LogP contribution in [0, 0.1) is 0 Å². The molecule has 0 fully saturated rings. The van der Waals surface area contributed by atoms with E-state index in [1.54, 1.807) is 48.5 Å². The molecule has 0 aromatic heterocycles. The molecule has 0 aliphatic carbocycles. The first kappa shape index (κ1) is 26.0. The zero-order valence-electron chi connectivity index (χ0n) is 19.4. The summed E-state index contributed by atoms with van der Waals surface area (Å²) in [6.07, 6.45) is 8.18. The van der Waals surface area contributed by atoms with Gasteiger partial charge >= 0.3 is 11.9 Å². The summed E-state index contributed by atoms with van der Waals surface area (Å²) in [5, 5.41) is 0. The van der Waals surface area contributed by atoms with Crippen molar-refractivity contribution in [3.05, 3.63) is 66.7 Å². The third kappa shape index (κ3) is 10.7. The Kier molecular flexibility index (Phi) is 12.2. The summed E-state index contributed by atoms with van der Waals surface area (Å²) in [4.78, 5) is 23.3. The van der Waals surface area contributed by atoms with E-state index in [0.29, 0.717) is 36.9 Å². The van der Waals surface area contributed by atoms with Gasteiger partial charge in [-0.2, -0.15) is 0 Å². The molecule has 178 valence electrons. The van der Waals surface area contributed by atoms with Crippen LogP contribution in [0.15, 0.2) is 61.2 Å². The molecule has 0 aliphatic rings. The normalized spacial score (nSPS) is 10.3. The maximum Gasteiger partial charge on any atom is 0.343 e. The van der Waals surface area contributed by atoms with E-state index < -0.39 is 5.97 Å². The summed E-state index contributed by atoms with van der Waals surface area (Å²) in [6, 6.07) is 14.0. The van der Waals surface area contributed by atoms with Crippen LogP contribution in [0.25, 0.3) is 0 Å². The monoisotopic (exact) mass is 454 g/mol.